The van der Waals surface area contributed by atoms with Gasteiger partial charge in [0.05, 0.1) is 25.9 Å². The Hall–Kier alpha value is -1.20. The van der Waals surface area contributed by atoms with E-state index in [0.717, 1.165) is 25.5 Å². The van der Waals surface area contributed by atoms with Crippen molar-refractivity contribution in [2.24, 2.45) is 0 Å². The number of halogens is 1. The molecule has 1 N–H and O–H groups in total. The van der Waals surface area contributed by atoms with Crippen molar-refractivity contribution >= 4 is 38.3 Å². The second-order valence-corrected chi connectivity index (χ2v) is 5.92. The van der Waals surface area contributed by atoms with Crippen molar-refractivity contribution in [3.63, 3.8) is 0 Å². The number of nitrogens with zero attached hydrogens (tertiary/aromatic N) is 2. The number of nitrogens with one attached hydrogen (secondary N) is 1. The summed E-state index contributed by atoms with van der Waals surface area (Å²) in [4.78, 5) is 13.0. The fourth-order valence-electron chi connectivity index (χ4n) is 1.55. The first-order valence-corrected chi connectivity index (χ1v) is 6.41. The Labute approximate surface area is 105 Å². The molecule has 0 aromatic carbocycles. The molecule has 80 valence electrons. The Morgan fingerprint density at radius 2 is 2.31 bits per heavy atom. The van der Waals surface area contributed by atoms with E-state index >= 15 is 0 Å². The standard InChI is InChI=1S/C11H8BrN3S/c1-6-4-9(16-10(6)12)11-14-7-2-3-13-5-8(7)15-11/h2-5H,1H3,(H,14,15). The number of rotatable bonds is 1. The van der Waals surface area contributed by atoms with E-state index in [1.54, 1.807) is 23.7 Å². The van der Waals surface area contributed by atoms with E-state index in [1.165, 1.54) is 5.56 Å². The summed E-state index contributed by atoms with van der Waals surface area (Å²) < 4.78 is 1.15. The van der Waals surface area contributed by atoms with Gasteiger partial charge in [-0.3, -0.25) is 4.98 Å². The summed E-state index contributed by atoms with van der Waals surface area (Å²) in [6.45, 7) is 2.08. The van der Waals surface area contributed by atoms with Crippen molar-refractivity contribution in [3.05, 3.63) is 33.9 Å². The second kappa shape index (κ2) is 3.68. The number of H-pyrrole nitrogens is 1. The van der Waals surface area contributed by atoms with Gasteiger partial charge >= 0.3 is 0 Å². The number of hydrogen-bond donors (Lipinski definition) is 1. The highest BCUT2D eigenvalue weighted by Crippen LogP contribution is 2.33. The third-order valence-corrected chi connectivity index (χ3v) is 4.52. The fraction of sp³-hybridized carbons (Fsp3) is 0.0909. The topological polar surface area (TPSA) is 41.6 Å². The van der Waals surface area contributed by atoms with Crippen LogP contribution >= 0.6 is 27.3 Å². The van der Waals surface area contributed by atoms with E-state index < -0.39 is 0 Å². The molecule has 3 heterocycles. The predicted octanol–water partition coefficient (Wildman–Crippen LogP) is 3.76. The molecule has 16 heavy (non-hydrogen) atoms. The van der Waals surface area contributed by atoms with Crippen LogP contribution in [0.2, 0.25) is 0 Å². The van der Waals surface area contributed by atoms with Crippen LogP contribution in [0, 0.1) is 6.92 Å². The molecule has 0 aliphatic heterocycles. The highest BCUT2D eigenvalue weighted by molar-refractivity contribution is 9.11. The summed E-state index contributed by atoms with van der Waals surface area (Å²) in [5.41, 5.74) is 3.16. The lowest BCUT2D eigenvalue weighted by molar-refractivity contribution is 1.34. The average molecular weight is 294 g/mol. The SMILES string of the molecule is Cc1cc(-c2nc3ccncc3[nH]2)sc1Br. The second-order valence-electron chi connectivity index (χ2n) is 3.55. The number of imidazole rings is 1. The third kappa shape index (κ3) is 1.56. The van der Waals surface area contributed by atoms with Crippen LogP contribution in [0.15, 0.2) is 28.3 Å². The minimum Gasteiger partial charge on any atom is -0.336 e. The molecule has 0 bridgehead atoms. The Balaban J connectivity index is 2.18. The molecule has 3 aromatic heterocycles. The number of hydrogen-bond acceptors (Lipinski definition) is 3. The van der Waals surface area contributed by atoms with Gasteiger partial charge in [-0.25, -0.2) is 4.98 Å². The van der Waals surface area contributed by atoms with Gasteiger partial charge in [0.25, 0.3) is 0 Å². The Bertz CT molecular complexity index is 604. The molecule has 0 amide bonds. The molecule has 3 nitrogen and oxygen atoms in total. The third-order valence-electron chi connectivity index (χ3n) is 2.37. The number of thiophene rings is 1. The molecule has 0 saturated carbocycles. The Morgan fingerprint density at radius 1 is 1.44 bits per heavy atom. The van der Waals surface area contributed by atoms with E-state index in [9.17, 15) is 0 Å². The van der Waals surface area contributed by atoms with Crippen molar-refractivity contribution in [2.75, 3.05) is 0 Å². The zero-order chi connectivity index (χ0) is 11.1. The minimum absolute atomic E-state index is 0.904. The van der Waals surface area contributed by atoms with E-state index in [4.69, 9.17) is 0 Å². The number of aromatic amines is 1. The first-order valence-electron chi connectivity index (χ1n) is 4.80. The first-order chi connectivity index (χ1) is 7.74. The van der Waals surface area contributed by atoms with Gasteiger partial charge in [-0.15, -0.1) is 11.3 Å². The lowest BCUT2D eigenvalue weighted by Gasteiger charge is -1.86. The number of pyridine rings is 1. The molecule has 3 aromatic rings. The van der Waals surface area contributed by atoms with Gasteiger partial charge in [0.1, 0.15) is 5.82 Å². The van der Waals surface area contributed by atoms with Gasteiger partial charge in [-0.05, 0) is 40.5 Å². The fourth-order valence-corrected chi connectivity index (χ4v) is 3.03. The largest absolute Gasteiger partial charge is 0.336 e. The van der Waals surface area contributed by atoms with E-state index in [2.05, 4.69) is 43.9 Å². The Morgan fingerprint density at radius 3 is 3.00 bits per heavy atom. The predicted molar refractivity (Wildman–Crippen MR) is 69.6 cm³/mol. The molecular formula is C11H8BrN3S. The van der Waals surface area contributed by atoms with Crippen LogP contribution in [0.1, 0.15) is 5.56 Å². The molecule has 3 rings (SSSR count). The smallest absolute Gasteiger partial charge is 0.148 e. The van der Waals surface area contributed by atoms with E-state index in [-0.39, 0.29) is 0 Å². The van der Waals surface area contributed by atoms with Crippen LogP contribution in [0.3, 0.4) is 0 Å². The molecule has 0 aliphatic rings. The van der Waals surface area contributed by atoms with Crippen LogP contribution in [-0.4, -0.2) is 15.0 Å². The first kappa shape index (κ1) is 9.99. The number of aromatic nitrogens is 3. The Kier molecular flexibility index (Phi) is 2.29. The monoisotopic (exact) mass is 293 g/mol. The van der Waals surface area contributed by atoms with E-state index in [0.29, 0.717) is 0 Å². The summed E-state index contributed by atoms with van der Waals surface area (Å²) in [7, 11) is 0. The average Bonchev–Trinajstić information content (AvgIpc) is 2.83. The maximum absolute atomic E-state index is 4.53. The van der Waals surface area contributed by atoms with E-state index in [1.807, 2.05) is 6.07 Å². The summed E-state index contributed by atoms with van der Waals surface area (Å²) >= 11 is 5.21. The van der Waals surface area contributed by atoms with Crippen molar-refractivity contribution in [1.82, 2.24) is 15.0 Å². The molecule has 0 unspecified atom stereocenters. The normalized spacial score (nSPS) is 11.1. The van der Waals surface area contributed by atoms with Crippen molar-refractivity contribution in [1.29, 1.82) is 0 Å². The van der Waals surface area contributed by atoms with Gasteiger partial charge in [0.2, 0.25) is 0 Å². The van der Waals surface area contributed by atoms with Crippen LogP contribution in [0.25, 0.3) is 21.7 Å². The van der Waals surface area contributed by atoms with Gasteiger partial charge in [0, 0.05) is 6.20 Å². The molecule has 0 radical (unpaired) electrons. The molecule has 0 spiro atoms. The van der Waals surface area contributed by atoms with Crippen LogP contribution in [0.4, 0.5) is 0 Å². The minimum atomic E-state index is 0.904. The maximum Gasteiger partial charge on any atom is 0.148 e. The van der Waals surface area contributed by atoms with Crippen molar-refractivity contribution in [2.45, 2.75) is 6.92 Å². The van der Waals surface area contributed by atoms with Crippen molar-refractivity contribution < 1.29 is 0 Å². The van der Waals surface area contributed by atoms with Crippen LogP contribution in [-0.2, 0) is 0 Å². The molecule has 0 fully saturated rings. The molecular weight excluding hydrogens is 286 g/mol. The summed E-state index contributed by atoms with van der Waals surface area (Å²) in [5.74, 6) is 0.904. The summed E-state index contributed by atoms with van der Waals surface area (Å²) in [6, 6.07) is 4.03. The highest BCUT2D eigenvalue weighted by Gasteiger charge is 2.09. The summed E-state index contributed by atoms with van der Waals surface area (Å²) in [5, 5.41) is 0. The number of aryl methyl sites for hydroxylation is 1. The van der Waals surface area contributed by atoms with Crippen molar-refractivity contribution in [3.8, 4) is 10.7 Å². The maximum atomic E-state index is 4.53. The lowest BCUT2D eigenvalue weighted by Crippen LogP contribution is -1.73. The van der Waals surface area contributed by atoms with Gasteiger partial charge in [-0.1, -0.05) is 0 Å². The quantitative estimate of drug-likeness (QED) is 0.742. The van der Waals surface area contributed by atoms with Crippen LogP contribution in [0.5, 0.6) is 0 Å². The summed E-state index contributed by atoms with van der Waals surface area (Å²) in [6.07, 6.45) is 3.55. The van der Waals surface area contributed by atoms with Gasteiger partial charge in [-0.2, -0.15) is 0 Å². The molecule has 0 aliphatic carbocycles. The molecule has 5 heteroatoms. The zero-order valence-electron chi connectivity index (χ0n) is 8.49. The lowest BCUT2D eigenvalue weighted by atomic mass is 10.3. The van der Waals surface area contributed by atoms with Gasteiger partial charge in [0.15, 0.2) is 0 Å². The van der Waals surface area contributed by atoms with Gasteiger partial charge < -0.3 is 4.98 Å². The molecule has 0 atom stereocenters. The highest BCUT2D eigenvalue weighted by atomic mass is 79.9. The molecule has 0 saturated heterocycles. The van der Waals surface area contributed by atoms with Crippen LogP contribution < -0.4 is 0 Å². The number of fused-ring (bicyclic) bond motifs is 1. The zero-order valence-corrected chi connectivity index (χ0v) is 10.9.